The number of aliphatic hydroxyl groups is 3. The molecule has 2 fully saturated rings. The fourth-order valence-corrected chi connectivity index (χ4v) is 3.24. The molecule has 9 nitrogen and oxygen atoms in total. The van der Waals surface area contributed by atoms with Gasteiger partial charge in [-0.15, -0.1) is 0 Å². The molecule has 5 unspecified atom stereocenters. The second-order valence-electron chi connectivity index (χ2n) is 6.53. The van der Waals surface area contributed by atoms with E-state index in [0.29, 0.717) is 12.8 Å². The second kappa shape index (κ2) is 7.39. The Kier molecular flexibility index (Phi) is 5.95. The minimum absolute atomic E-state index is 0.00343. The molecular weight excluding hydrogens is 308 g/mol. The predicted molar refractivity (Wildman–Crippen MR) is 78.2 cm³/mol. The molecule has 23 heavy (non-hydrogen) atoms. The zero-order valence-electron chi connectivity index (χ0n) is 13.3. The number of amides is 1. The fraction of sp³-hybridized carbons (Fsp3) is 0.929. The average molecular weight is 334 g/mol. The molecule has 0 aromatic rings. The number of carbonyl (C=O) groups is 1. The Labute approximate surface area is 134 Å². The molecule has 1 amide bonds. The number of rotatable bonds is 5. The van der Waals surface area contributed by atoms with Crippen LogP contribution in [0.25, 0.3) is 0 Å². The highest BCUT2D eigenvalue weighted by atomic mass is 16.7. The van der Waals surface area contributed by atoms with Gasteiger partial charge in [0.15, 0.2) is 6.29 Å². The van der Waals surface area contributed by atoms with Crippen LogP contribution in [-0.2, 0) is 19.0 Å². The first-order chi connectivity index (χ1) is 10.8. The maximum Gasteiger partial charge on any atom is 0.207 e. The van der Waals surface area contributed by atoms with Crippen LogP contribution < -0.4 is 11.1 Å². The highest BCUT2D eigenvalue weighted by molar-refractivity contribution is 5.47. The summed E-state index contributed by atoms with van der Waals surface area (Å²) in [6.07, 6.45) is -3.74. The number of nitrogens with one attached hydrogen (secondary N) is 1. The van der Waals surface area contributed by atoms with Crippen molar-refractivity contribution < 1.29 is 34.3 Å². The topological polar surface area (TPSA) is 144 Å². The van der Waals surface area contributed by atoms with Gasteiger partial charge in [0.1, 0.15) is 24.4 Å². The first kappa shape index (κ1) is 18.5. The van der Waals surface area contributed by atoms with Gasteiger partial charge in [-0.1, -0.05) is 0 Å². The summed E-state index contributed by atoms with van der Waals surface area (Å²) in [4.78, 5) is 10.8. The van der Waals surface area contributed by atoms with Crippen LogP contribution in [0.4, 0.5) is 0 Å². The van der Waals surface area contributed by atoms with E-state index in [0.717, 1.165) is 0 Å². The van der Waals surface area contributed by atoms with E-state index in [1.54, 1.807) is 6.92 Å². The van der Waals surface area contributed by atoms with Crippen molar-refractivity contribution in [3.63, 3.8) is 0 Å². The Balaban J connectivity index is 2.09. The van der Waals surface area contributed by atoms with Crippen LogP contribution in [0.5, 0.6) is 0 Å². The molecule has 2 aliphatic rings. The third-order valence-electron chi connectivity index (χ3n) is 4.39. The summed E-state index contributed by atoms with van der Waals surface area (Å²) in [6.45, 7) is 1.55. The lowest BCUT2D eigenvalue weighted by molar-refractivity contribution is -0.290. The molecule has 0 aromatic carbocycles. The van der Waals surface area contributed by atoms with Gasteiger partial charge >= 0.3 is 0 Å². The van der Waals surface area contributed by atoms with E-state index in [1.807, 2.05) is 0 Å². The zero-order chi connectivity index (χ0) is 17.2. The highest BCUT2D eigenvalue weighted by Crippen LogP contribution is 2.29. The molecule has 8 atom stereocenters. The molecule has 0 radical (unpaired) electrons. The lowest BCUT2D eigenvalue weighted by atomic mass is 9.84. The molecule has 1 saturated heterocycles. The number of ether oxygens (including phenoxy) is 3. The van der Waals surface area contributed by atoms with Gasteiger partial charge in [-0.3, -0.25) is 4.79 Å². The minimum atomic E-state index is -1.14. The van der Waals surface area contributed by atoms with Gasteiger partial charge in [0, 0.05) is 19.6 Å². The van der Waals surface area contributed by atoms with Gasteiger partial charge in [-0.2, -0.15) is 0 Å². The standard InChI is InChI=1S/C14H26N2O7/c1-14(20)4-9(18)13(22-5-14)23-12-8(16-6-17)3-7(15)11(21-2)10(12)19/h6-13,18-20H,3-5,15H2,1-2H3,(H,16,17)/t7?,8?,9?,10?,11-,12+,13?,14-/m1/s1. The van der Waals surface area contributed by atoms with Crippen molar-refractivity contribution >= 4 is 6.41 Å². The van der Waals surface area contributed by atoms with Gasteiger partial charge < -0.3 is 40.6 Å². The Morgan fingerprint density at radius 2 is 2.09 bits per heavy atom. The van der Waals surface area contributed by atoms with Crippen LogP contribution in [-0.4, -0.2) is 83.8 Å². The Morgan fingerprint density at radius 1 is 1.39 bits per heavy atom. The predicted octanol–water partition coefficient (Wildman–Crippen LogP) is -2.55. The fourth-order valence-electron chi connectivity index (χ4n) is 3.24. The normalized spacial score (nSPS) is 48.0. The van der Waals surface area contributed by atoms with Gasteiger partial charge in [-0.25, -0.2) is 0 Å². The van der Waals surface area contributed by atoms with Crippen molar-refractivity contribution in [2.24, 2.45) is 5.73 Å². The molecular formula is C14H26N2O7. The van der Waals surface area contributed by atoms with Crippen LogP contribution in [0.3, 0.4) is 0 Å². The first-order valence-corrected chi connectivity index (χ1v) is 7.62. The first-order valence-electron chi connectivity index (χ1n) is 7.62. The smallest absolute Gasteiger partial charge is 0.207 e. The lowest BCUT2D eigenvalue weighted by Gasteiger charge is -2.45. The third kappa shape index (κ3) is 4.18. The molecule has 0 spiro atoms. The van der Waals surface area contributed by atoms with Crippen molar-refractivity contribution in [1.29, 1.82) is 0 Å². The van der Waals surface area contributed by atoms with Crippen LogP contribution in [0.15, 0.2) is 0 Å². The van der Waals surface area contributed by atoms with E-state index >= 15 is 0 Å². The summed E-state index contributed by atoms with van der Waals surface area (Å²) in [5, 5.41) is 33.0. The molecule has 1 saturated carbocycles. The maximum absolute atomic E-state index is 10.8. The van der Waals surface area contributed by atoms with Crippen LogP contribution >= 0.6 is 0 Å². The van der Waals surface area contributed by atoms with Crippen LogP contribution in [0.2, 0.25) is 0 Å². The number of hydrogen-bond donors (Lipinski definition) is 5. The minimum Gasteiger partial charge on any atom is -0.388 e. The number of methoxy groups -OCH3 is 1. The summed E-state index contributed by atoms with van der Waals surface area (Å²) in [5.74, 6) is 0. The molecule has 1 aliphatic carbocycles. The molecule has 134 valence electrons. The Hall–Kier alpha value is -0.810. The van der Waals surface area contributed by atoms with E-state index in [2.05, 4.69) is 5.32 Å². The molecule has 1 heterocycles. The lowest BCUT2D eigenvalue weighted by Crippen LogP contribution is -2.65. The molecule has 6 N–H and O–H groups in total. The van der Waals surface area contributed by atoms with Crippen molar-refractivity contribution in [2.45, 2.75) is 68.2 Å². The monoisotopic (exact) mass is 334 g/mol. The van der Waals surface area contributed by atoms with E-state index < -0.39 is 48.4 Å². The highest BCUT2D eigenvalue weighted by Gasteiger charge is 2.47. The van der Waals surface area contributed by atoms with Crippen molar-refractivity contribution in [3.8, 4) is 0 Å². The SMILES string of the molecule is CO[C@@H]1C(N)CC(NC=O)[C@H](OC2OC[C@](C)(O)CC2O)C1O. The average Bonchev–Trinajstić information content (AvgIpc) is 2.45. The van der Waals surface area contributed by atoms with Crippen LogP contribution in [0, 0.1) is 0 Å². The quantitative estimate of drug-likeness (QED) is 0.346. The number of nitrogens with two attached hydrogens (primary N) is 1. The Morgan fingerprint density at radius 3 is 2.65 bits per heavy atom. The van der Waals surface area contributed by atoms with E-state index in [4.69, 9.17) is 19.9 Å². The second-order valence-corrected chi connectivity index (χ2v) is 6.53. The van der Waals surface area contributed by atoms with E-state index in [9.17, 15) is 20.1 Å². The van der Waals surface area contributed by atoms with Gasteiger partial charge in [0.05, 0.1) is 18.2 Å². The van der Waals surface area contributed by atoms with Crippen molar-refractivity contribution in [3.05, 3.63) is 0 Å². The van der Waals surface area contributed by atoms with Crippen LogP contribution in [0.1, 0.15) is 19.8 Å². The molecule has 0 aromatic heterocycles. The van der Waals surface area contributed by atoms with Crippen molar-refractivity contribution in [1.82, 2.24) is 5.32 Å². The summed E-state index contributed by atoms with van der Waals surface area (Å²) >= 11 is 0. The van der Waals surface area contributed by atoms with E-state index in [-0.39, 0.29) is 13.0 Å². The van der Waals surface area contributed by atoms with Gasteiger partial charge in [0.2, 0.25) is 6.41 Å². The number of carbonyl (C=O) groups excluding carboxylic acids is 1. The maximum atomic E-state index is 10.8. The Bertz CT molecular complexity index is 409. The number of hydrogen-bond acceptors (Lipinski definition) is 8. The van der Waals surface area contributed by atoms with E-state index in [1.165, 1.54) is 7.11 Å². The third-order valence-corrected chi connectivity index (χ3v) is 4.39. The van der Waals surface area contributed by atoms with Crippen molar-refractivity contribution in [2.75, 3.05) is 13.7 Å². The largest absolute Gasteiger partial charge is 0.388 e. The summed E-state index contributed by atoms with van der Waals surface area (Å²) in [6, 6.07) is -1.01. The number of aliphatic hydroxyl groups excluding tert-OH is 2. The van der Waals surface area contributed by atoms with Gasteiger partial charge in [-0.05, 0) is 13.3 Å². The summed E-state index contributed by atoms with van der Waals surface area (Å²) in [5.41, 5.74) is 4.81. The molecule has 9 heteroatoms. The molecule has 1 aliphatic heterocycles. The summed E-state index contributed by atoms with van der Waals surface area (Å²) < 4.78 is 16.3. The molecule has 2 rings (SSSR count). The van der Waals surface area contributed by atoms with Gasteiger partial charge in [0.25, 0.3) is 0 Å². The zero-order valence-corrected chi connectivity index (χ0v) is 13.3. The summed E-state index contributed by atoms with van der Waals surface area (Å²) in [7, 11) is 1.43. The molecule has 0 bridgehead atoms.